The predicted molar refractivity (Wildman–Crippen MR) is 78.2 cm³/mol. The third-order valence-corrected chi connectivity index (χ3v) is 3.35. The van der Waals surface area contributed by atoms with Gasteiger partial charge < -0.3 is 5.32 Å². The van der Waals surface area contributed by atoms with Crippen LogP contribution >= 0.6 is 27.5 Å². The molecule has 2 aromatic rings. The fraction of sp³-hybridized carbons (Fsp3) is 0.0714. The molecule has 1 amide bonds. The first-order chi connectivity index (χ1) is 8.97. The van der Waals surface area contributed by atoms with Gasteiger partial charge in [0.1, 0.15) is 5.82 Å². The van der Waals surface area contributed by atoms with E-state index in [9.17, 15) is 9.18 Å². The monoisotopic (exact) mass is 341 g/mol. The summed E-state index contributed by atoms with van der Waals surface area (Å²) in [4.78, 5) is 12.0. The second-order valence-electron chi connectivity index (χ2n) is 4.04. The van der Waals surface area contributed by atoms with Crippen molar-refractivity contribution in [1.29, 1.82) is 0 Å². The van der Waals surface area contributed by atoms with Crippen molar-refractivity contribution in [2.75, 3.05) is 5.32 Å². The molecule has 1 N–H and O–H groups in total. The Balaban J connectivity index is 2.30. The zero-order valence-electron chi connectivity index (χ0n) is 10.0. The molecule has 0 aliphatic rings. The SMILES string of the molecule is Cc1ccc(Cl)cc1NC(=O)c1cc(Br)ccc1F. The van der Waals surface area contributed by atoms with Crippen LogP contribution in [-0.4, -0.2) is 5.91 Å². The van der Waals surface area contributed by atoms with Crippen LogP contribution in [0, 0.1) is 12.7 Å². The molecule has 0 atom stereocenters. The molecule has 19 heavy (non-hydrogen) atoms. The molecular formula is C14H10BrClFNO. The van der Waals surface area contributed by atoms with Gasteiger partial charge in [0.05, 0.1) is 5.56 Å². The number of rotatable bonds is 2. The molecule has 0 fully saturated rings. The van der Waals surface area contributed by atoms with Crippen LogP contribution in [0.15, 0.2) is 40.9 Å². The minimum Gasteiger partial charge on any atom is -0.322 e. The molecule has 98 valence electrons. The molecular weight excluding hydrogens is 333 g/mol. The molecule has 0 aliphatic heterocycles. The van der Waals surface area contributed by atoms with Gasteiger partial charge in [0.15, 0.2) is 0 Å². The number of aryl methyl sites for hydroxylation is 1. The van der Waals surface area contributed by atoms with E-state index in [4.69, 9.17) is 11.6 Å². The highest BCUT2D eigenvalue weighted by Crippen LogP contribution is 2.22. The van der Waals surface area contributed by atoms with Gasteiger partial charge in [-0.25, -0.2) is 4.39 Å². The fourth-order valence-electron chi connectivity index (χ4n) is 1.59. The highest BCUT2D eigenvalue weighted by molar-refractivity contribution is 9.10. The largest absolute Gasteiger partial charge is 0.322 e. The van der Waals surface area contributed by atoms with Crippen LogP contribution in [0.2, 0.25) is 5.02 Å². The standard InChI is InChI=1S/C14H10BrClFNO/c1-8-2-4-10(16)7-13(8)18-14(19)11-6-9(15)3-5-12(11)17/h2-7H,1H3,(H,18,19). The lowest BCUT2D eigenvalue weighted by atomic mass is 10.1. The number of nitrogens with one attached hydrogen (secondary N) is 1. The summed E-state index contributed by atoms with van der Waals surface area (Å²) in [6.07, 6.45) is 0. The van der Waals surface area contributed by atoms with Gasteiger partial charge in [0.2, 0.25) is 0 Å². The van der Waals surface area contributed by atoms with Gasteiger partial charge in [0.25, 0.3) is 5.91 Å². The number of hydrogen-bond acceptors (Lipinski definition) is 1. The second kappa shape index (κ2) is 5.72. The average Bonchev–Trinajstić information content (AvgIpc) is 2.36. The van der Waals surface area contributed by atoms with Gasteiger partial charge in [-0.05, 0) is 42.8 Å². The number of carbonyl (C=O) groups excluding carboxylic acids is 1. The van der Waals surface area contributed by atoms with Crippen molar-refractivity contribution >= 4 is 39.1 Å². The summed E-state index contributed by atoms with van der Waals surface area (Å²) in [5.74, 6) is -1.08. The van der Waals surface area contributed by atoms with E-state index >= 15 is 0 Å². The second-order valence-corrected chi connectivity index (χ2v) is 5.39. The van der Waals surface area contributed by atoms with Gasteiger partial charge >= 0.3 is 0 Å². The third-order valence-electron chi connectivity index (χ3n) is 2.62. The van der Waals surface area contributed by atoms with Crippen molar-refractivity contribution < 1.29 is 9.18 Å². The zero-order chi connectivity index (χ0) is 14.0. The molecule has 0 aliphatic carbocycles. The Kier molecular flexibility index (Phi) is 4.22. The predicted octanol–water partition coefficient (Wildman–Crippen LogP) is 4.80. The molecule has 0 saturated heterocycles. The number of hydrogen-bond donors (Lipinski definition) is 1. The lowest BCUT2D eigenvalue weighted by Crippen LogP contribution is -2.14. The van der Waals surface area contributed by atoms with Gasteiger partial charge in [-0.15, -0.1) is 0 Å². The van der Waals surface area contributed by atoms with Crippen LogP contribution in [0.5, 0.6) is 0 Å². The zero-order valence-corrected chi connectivity index (χ0v) is 12.3. The van der Waals surface area contributed by atoms with Crippen molar-refractivity contribution in [3.63, 3.8) is 0 Å². The number of halogens is 3. The number of carbonyl (C=O) groups is 1. The van der Waals surface area contributed by atoms with Crippen LogP contribution in [0.4, 0.5) is 10.1 Å². The summed E-state index contributed by atoms with van der Waals surface area (Å²) in [5, 5.41) is 3.16. The van der Waals surface area contributed by atoms with E-state index < -0.39 is 11.7 Å². The van der Waals surface area contributed by atoms with E-state index in [2.05, 4.69) is 21.2 Å². The van der Waals surface area contributed by atoms with Crippen molar-refractivity contribution in [1.82, 2.24) is 0 Å². The molecule has 0 spiro atoms. The van der Waals surface area contributed by atoms with E-state index in [1.165, 1.54) is 18.2 Å². The number of anilines is 1. The Labute approximate surface area is 123 Å². The van der Waals surface area contributed by atoms with E-state index in [1.54, 1.807) is 18.2 Å². The summed E-state index contributed by atoms with van der Waals surface area (Å²) in [6, 6.07) is 9.36. The van der Waals surface area contributed by atoms with E-state index in [0.717, 1.165) is 5.56 Å². The first kappa shape index (κ1) is 14.0. The van der Waals surface area contributed by atoms with Gasteiger partial charge in [0, 0.05) is 15.2 Å². The summed E-state index contributed by atoms with van der Waals surface area (Å²) in [5.41, 5.74) is 1.40. The molecule has 2 rings (SSSR count). The normalized spacial score (nSPS) is 10.3. The van der Waals surface area contributed by atoms with Crippen molar-refractivity contribution in [3.8, 4) is 0 Å². The number of amides is 1. The molecule has 0 aromatic heterocycles. The van der Waals surface area contributed by atoms with Crippen LogP contribution < -0.4 is 5.32 Å². The Hall–Kier alpha value is -1.39. The Morgan fingerprint density at radius 2 is 2.00 bits per heavy atom. The maximum Gasteiger partial charge on any atom is 0.258 e. The molecule has 0 bridgehead atoms. The molecule has 0 saturated carbocycles. The minimum atomic E-state index is -0.569. The van der Waals surface area contributed by atoms with Crippen molar-refractivity contribution in [3.05, 3.63) is 62.8 Å². The molecule has 0 heterocycles. The third kappa shape index (κ3) is 3.33. The quantitative estimate of drug-likeness (QED) is 0.834. The minimum absolute atomic E-state index is 0.0197. The Bertz CT molecular complexity index is 645. The smallest absolute Gasteiger partial charge is 0.258 e. The van der Waals surface area contributed by atoms with Crippen LogP contribution in [0.3, 0.4) is 0 Å². The summed E-state index contributed by atoms with van der Waals surface area (Å²) >= 11 is 9.08. The van der Waals surface area contributed by atoms with Gasteiger partial charge in [-0.1, -0.05) is 33.6 Å². The Morgan fingerprint density at radius 1 is 1.26 bits per heavy atom. The van der Waals surface area contributed by atoms with Crippen molar-refractivity contribution in [2.45, 2.75) is 6.92 Å². The lowest BCUT2D eigenvalue weighted by molar-refractivity contribution is 0.102. The molecule has 2 nitrogen and oxygen atoms in total. The van der Waals surface area contributed by atoms with Crippen LogP contribution in [0.1, 0.15) is 15.9 Å². The summed E-state index contributed by atoms with van der Waals surface area (Å²) in [6.45, 7) is 1.84. The van der Waals surface area contributed by atoms with Crippen molar-refractivity contribution in [2.24, 2.45) is 0 Å². The molecule has 2 aromatic carbocycles. The summed E-state index contributed by atoms with van der Waals surface area (Å²) < 4.78 is 14.2. The maximum absolute atomic E-state index is 13.6. The maximum atomic E-state index is 13.6. The van der Waals surface area contributed by atoms with E-state index in [1.807, 2.05) is 6.92 Å². The highest BCUT2D eigenvalue weighted by atomic mass is 79.9. The van der Waals surface area contributed by atoms with Gasteiger partial charge in [-0.2, -0.15) is 0 Å². The van der Waals surface area contributed by atoms with E-state index in [-0.39, 0.29) is 5.56 Å². The topological polar surface area (TPSA) is 29.1 Å². The average molecular weight is 343 g/mol. The van der Waals surface area contributed by atoms with Gasteiger partial charge in [-0.3, -0.25) is 4.79 Å². The lowest BCUT2D eigenvalue weighted by Gasteiger charge is -2.09. The Morgan fingerprint density at radius 3 is 2.74 bits per heavy atom. The van der Waals surface area contributed by atoms with Crippen LogP contribution in [-0.2, 0) is 0 Å². The summed E-state index contributed by atoms with van der Waals surface area (Å²) in [7, 11) is 0. The number of benzene rings is 2. The molecule has 5 heteroatoms. The van der Waals surface area contributed by atoms with Crippen LogP contribution in [0.25, 0.3) is 0 Å². The van der Waals surface area contributed by atoms with E-state index in [0.29, 0.717) is 15.2 Å². The fourth-order valence-corrected chi connectivity index (χ4v) is 2.12. The molecule has 0 radical (unpaired) electrons. The highest BCUT2D eigenvalue weighted by Gasteiger charge is 2.13. The first-order valence-electron chi connectivity index (χ1n) is 5.50. The molecule has 0 unspecified atom stereocenters. The first-order valence-corrected chi connectivity index (χ1v) is 6.67.